The first-order valence-corrected chi connectivity index (χ1v) is 4.96. The maximum atomic E-state index is 12.9. The molecule has 80 valence electrons. The van der Waals surface area contributed by atoms with Crippen molar-refractivity contribution in [3.63, 3.8) is 0 Å². The highest BCUT2D eigenvalue weighted by Gasteiger charge is 2.01. The molecule has 0 aliphatic carbocycles. The van der Waals surface area contributed by atoms with E-state index in [1.807, 2.05) is 6.92 Å². The number of thiocarbonyl (C=S) groups is 1. The maximum absolute atomic E-state index is 12.9. The fourth-order valence-electron chi connectivity index (χ4n) is 1.06. The van der Waals surface area contributed by atoms with E-state index in [9.17, 15) is 4.39 Å². The predicted molar refractivity (Wildman–Crippen MR) is 65.6 cm³/mol. The number of hydrogen-bond acceptors (Lipinski definition) is 1. The summed E-state index contributed by atoms with van der Waals surface area (Å²) in [5.74, 6) is -0.283. The zero-order chi connectivity index (χ0) is 11.3. The number of anilines is 1. The van der Waals surface area contributed by atoms with Crippen LogP contribution in [0, 0.1) is 12.7 Å². The van der Waals surface area contributed by atoms with Gasteiger partial charge >= 0.3 is 0 Å². The van der Waals surface area contributed by atoms with Gasteiger partial charge in [0.15, 0.2) is 5.11 Å². The molecular weight excluding hydrogens is 211 g/mol. The molecule has 0 aliphatic heterocycles. The van der Waals surface area contributed by atoms with Crippen molar-refractivity contribution in [2.24, 2.45) is 0 Å². The van der Waals surface area contributed by atoms with Crippen molar-refractivity contribution in [3.05, 3.63) is 42.2 Å². The van der Waals surface area contributed by atoms with Gasteiger partial charge in [0.1, 0.15) is 5.82 Å². The fraction of sp³-hybridized carbons (Fsp3) is 0.182. The van der Waals surface area contributed by atoms with E-state index in [-0.39, 0.29) is 5.82 Å². The van der Waals surface area contributed by atoms with Gasteiger partial charge in [-0.25, -0.2) is 4.39 Å². The molecule has 0 bridgehead atoms. The van der Waals surface area contributed by atoms with E-state index >= 15 is 0 Å². The van der Waals surface area contributed by atoms with Crippen molar-refractivity contribution in [2.45, 2.75) is 6.92 Å². The summed E-state index contributed by atoms with van der Waals surface area (Å²) >= 11 is 5.01. The summed E-state index contributed by atoms with van der Waals surface area (Å²) < 4.78 is 12.9. The number of benzene rings is 1. The number of aryl methyl sites for hydroxylation is 1. The van der Waals surface area contributed by atoms with Gasteiger partial charge in [0.25, 0.3) is 0 Å². The first-order valence-electron chi connectivity index (χ1n) is 4.55. The van der Waals surface area contributed by atoms with Crippen molar-refractivity contribution in [1.29, 1.82) is 0 Å². The summed E-state index contributed by atoms with van der Waals surface area (Å²) in [6, 6.07) is 4.53. The van der Waals surface area contributed by atoms with Gasteiger partial charge in [0.05, 0.1) is 0 Å². The molecule has 0 aromatic heterocycles. The Labute approximate surface area is 94.2 Å². The van der Waals surface area contributed by atoms with Gasteiger partial charge in [-0.1, -0.05) is 12.1 Å². The van der Waals surface area contributed by atoms with Crippen molar-refractivity contribution in [1.82, 2.24) is 5.32 Å². The number of halogens is 1. The van der Waals surface area contributed by atoms with Crippen LogP contribution in [-0.4, -0.2) is 11.7 Å². The average Bonchev–Trinajstić information content (AvgIpc) is 2.20. The maximum Gasteiger partial charge on any atom is 0.171 e. The van der Waals surface area contributed by atoms with Gasteiger partial charge in [-0.05, 0) is 36.8 Å². The van der Waals surface area contributed by atoms with E-state index in [1.54, 1.807) is 12.1 Å². The molecule has 0 aliphatic rings. The fourth-order valence-corrected chi connectivity index (χ4v) is 1.25. The minimum atomic E-state index is -0.283. The third-order valence-corrected chi connectivity index (χ3v) is 2.10. The SMILES string of the molecule is C=CCNC(=S)Nc1cc(F)ccc1C. The smallest absolute Gasteiger partial charge is 0.171 e. The Morgan fingerprint density at radius 2 is 2.33 bits per heavy atom. The molecule has 0 atom stereocenters. The summed E-state index contributed by atoms with van der Waals surface area (Å²) in [4.78, 5) is 0. The highest BCUT2D eigenvalue weighted by atomic mass is 32.1. The van der Waals surface area contributed by atoms with E-state index in [0.29, 0.717) is 17.3 Å². The molecular formula is C11H13FN2S. The molecule has 0 amide bonds. The van der Waals surface area contributed by atoms with Crippen LogP contribution in [0.5, 0.6) is 0 Å². The molecule has 0 saturated carbocycles. The van der Waals surface area contributed by atoms with E-state index in [0.717, 1.165) is 5.56 Å². The molecule has 0 radical (unpaired) electrons. The molecule has 4 heteroatoms. The van der Waals surface area contributed by atoms with E-state index in [2.05, 4.69) is 17.2 Å². The summed E-state index contributed by atoms with van der Waals surface area (Å²) in [6.45, 7) is 6.03. The van der Waals surface area contributed by atoms with Crippen molar-refractivity contribution in [3.8, 4) is 0 Å². The highest BCUT2D eigenvalue weighted by Crippen LogP contribution is 2.15. The average molecular weight is 224 g/mol. The number of rotatable bonds is 3. The Balaban J connectivity index is 2.67. The minimum Gasteiger partial charge on any atom is -0.359 e. The van der Waals surface area contributed by atoms with Gasteiger partial charge in [-0.2, -0.15) is 0 Å². The Bertz CT molecular complexity index is 377. The Hall–Kier alpha value is -1.42. The third kappa shape index (κ3) is 3.67. The second-order valence-electron chi connectivity index (χ2n) is 3.08. The quantitative estimate of drug-likeness (QED) is 0.609. The Kier molecular flexibility index (Phi) is 4.24. The van der Waals surface area contributed by atoms with Crippen molar-refractivity contribution < 1.29 is 4.39 Å². The molecule has 2 nitrogen and oxygen atoms in total. The number of nitrogens with one attached hydrogen (secondary N) is 2. The molecule has 15 heavy (non-hydrogen) atoms. The largest absolute Gasteiger partial charge is 0.359 e. The van der Waals surface area contributed by atoms with Crippen molar-refractivity contribution >= 4 is 23.0 Å². The van der Waals surface area contributed by atoms with Gasteiger partial charge in [-0.15, -0.1) is 6.58 Å². The van der Waals surface area contributed by atoms with Gasteiger partial charge in [-0.3, -0.25) is 0 Å². The zero-order valence-corrected chi connectivity index (χ0v) is 9.33. The predicted octanol–water partition coefficient (Wildman–Crippen LogP) is 2.61. The molecule has 1 aromatic carbocycles. The highest BCUT2D eigenvalue weighted by molar-refractivity contribution is 7.80. The second-order valence-corrected chi connectivity index (χ2v) is 3.49. The van der Waals surface area contributed by atoms with E-state index < -0.39 is 0 Å². The molecule has 0 fully saturated rings. The van der Waals surface area contributed by atoms with E-state index in [4.69, 9.17) is 12.2 Å². The van der Waals surface area contributed by atoms with Crippen LogP contribution in [-0.2, 0) is 0 Å². The monoisotopic (exact) mass is 224 g/mol. The second kappa shape index (κ2) is 5.46. The molecule has 0 unspecified atom stereocenters. The molecule has 2 N–H and O–H groups in total. The van der Waals surface area contributed by atoms with Crippen LogP contribution in [0.4, 0.5) is 10.1 Å². The molecule has 0 saturated heterocycles. The third-order valence-electron chi connectivity index (χ3n) is 1.85. The van der Waals surface area contributed by atoms with Gasteiger partial charge in [0, 0.05) is 12.2 Å². The lowest BCUT2D eigenvalue weighted by Gasteiger charge is -2.11. The summed E-state index contributed by atoms with van der Waals surface area (Å²) in [6.07, 6.45) is 1.70. The Morgan fingerprint density at radius 3 is 3.00 bits per heavy atom. The summed E-state index contributed by atoms with van der Waals surface area (Å²) in [5, 5.41) is 6.29. The molecule has 1 aromatic rings. The first-order chi connectivity index (χ1) is 7.13. The van der Waals surface area contributed by atoms with Gasteiger partial charge < -0.3 is 10.6 Å². The lowest BCUT2D eigenvalue weighted by molar-refractivity contribution is 0.628. The molecule has 0 spiro atoms. The van der Waals surface area contributed by atoms with Gasteiger partial charge in [0.2, 0.25) is 0 Å². The van der Waals surface area contributed by atoms with Crippen LogP contribution in [0.2, 0.25) is 0 Å². The minimum absolute atomic E-state index is 0.283. The number of hydrogen-bond donors (Lipinski definition) is 2. The first kappa shape index (κ1) is 11.7. The topological polar surface area (TPSA) is 24.1 Å². The van der Waals surface area contributed by atoms with Crippen LogP contribution < -0.4 is 10.6 Å². The lowest BCUT2D eigenvalue weighted by atomic mass is 10.2. The standard InChI is InChI=1S/C11H13FN2S/c1-3-6-13-11(15)14-10-7-9(12)5-4-8(10)2/h3-5,7H,1,6H2,2H3,(H2,13,14,15). The van der Waals surface area contributed by atoms with Crippen LogP contribution in [0.1, 0.15) is 5.56 Å². The van der Waals surface area contributed by atoms with Crippen LogP contribution >= 0.6 is 12.2 Å². The molecule has 0 heterocycles. The van der Waals surface area contributed by atoms with Crippen LogP contribution in [0.25, 0.3) is 0 Å². The van der Waals surface area contributed by atoms with E-state index in [1.165, 1.54) is 12.1 Å². The van der Waals surface area contributed by atoms with Crippen LogP contribution in [0.3, 0.4) is 0 Å². The normalized spacial score (nSPS) is 9.47. The summed E-state index contributed by atoms with van der Waals surface area (Å²) in [7, 11) is 0. The lowest BCUT2D eigenvalue weighted by Crippen LogP contribution is -2.28. The van der Waals surface area contributed by atoms with Crippen molar-refractivity contribution in [2.75, 3.05) is 11.9 Å². The molecule has 1 rings (SSSR count). The van der Waals surface area contributed by atoms with Crippen LogP contribution in [0.15, 0.2) is 30.9 Å². The Morgan fingerprint density at radius 1 is 1.60 bits per heavy atom. The zero-order valence-electron chi connectivity index (χ0n) is 8.51. The summed E-state index contributed by atoms with van der Waals surface area (Å²) in [5.41, 5.74) is 1.62.